The summed E-state index contributed by atoms with van der Waals surface area (Å²) < 4.78 is 10.8. The molecule has 29 heavy (non-hydrogen) atoms. The fraction of sp³-hybridized carbons (Fsp3) is 0.150. The number of carbonyl (C=O) groups excluding carboxylic acids is 1. The number of carbonyl (C=O) groups is 1. The molecule has 0 spiro atoms. The van der Waals surface area contributed by atoms with E-state index in [2.05, 4.69) is 20.4 Å². The van der Waals surface area contributed by atoms with Crippen LogP contribution in [-0.4, -0.2) is 31.2 Å². The first-order valence-corrected chi connectivity index (χ1v) is 9.19. The van der Waals surface area contributed by atoms with Gasteiger partial charge in [0.05, 0.1) is 5.52 Å². The Morgan fingerprint density at radius 1 is 1.03 bits per heavy atom. The van der Waals surface area contributed by atoms with Crippen molar-refractivity contribution in [3.05, 3.63) is 77.2 Å². The summed E-state index contributed by atoms with van der Waals surface area (Å²) in [5, 5.41) is 13.0. The second kappa shape index (κ2) is 8.66. The van der Waals surface area contributed by atoms with Crippen LogP contribution in [0.25, 0.3) is 10.9 Å². The molecule has 0 radical (unpaired) electrons. The van der Waals surface area contributed by atoms with Gasteiger partial charge in [0.1, 0.15) is 17.5 Å². The molecule has 2 heterocycles. The van der Waals surface area contributed by atoms with Crippen LogP contribution in [0.5, 0.6) is 5.75 Å². The smallest absolute Gasteiger partial charge is 0.330 e. The van der Waals surface area contributed by atoms with Gasteiger partial charge in [-0.1, -0.05) is 48.0 Å². The normalized spacial score (nSPS) is 10.8. The second-order valence-electron chi connectivity index (χ2n) is 6.13. The van der Waals surface area contributed by atoms with Crippen LogP contribution >= 0.6 is 11.6 Å². The van der Waals surface area contributed by atoms with Crippen molar-refractivity contribution in [2.45, 2.75) is 19.8 Å². The Morgan fingerprint density at radius 3 is 2.69 bits per heavy atom. The molecule has 0 amide bonds. The fourth-order valence-electron chi connectivity index (χ4n) is 2.62. The van der Waals surface area contributed by atoms with Crippen LogP contribution in [0.2, 0.25) is 5.15 Å². The minimum atomic E-state index is -0.512. The molecule has 4 aromatic rings. The van der Waals surface area contributed by atoms with Gasteiger partial charge in [-0.3, -0.25) is 0 Å². The zero-order chi connectivity index (χ0) is 20.1. The van der Waals surface area contributed by atoms with Crippen molar-refractivity contribution in [3.63, 3.8) is 0 Å². The third-order valence-corrected chi connectivity index (χ3v) is 4.34. The number of halogens is 1. The number of esters is 1. The van der Waals surface area contributed by atoms with E-state index in [9.17, 15) is 4.79 Å². The van der Waals surface area contributed by atoms with E-state index in [1.165, 1.54) is 0 Å². The van der Waals surface area contributed by atoms with Gasteiger partial charge >= 0.3 is 5.97 Å². The lowest BCUT2D eigenvalue weighted by Gasteiger charge is -2.07. The Hall–Kier alpha value is -3.52. The standard InChI is InChI=1S/C20H16ClN5O3/c21-20-15(10-14-6-4-5-9-17(14)22-20)12-29-19(27)11-26-24-18(23-25-26)13-28-16-7-2-1-3-8-16/h1-10H,11-13H2. The number of hydrogen-bond donors (Lipinski definition) is 0. The zero-order valence-electron chi connectivity index (χ0n) is 15.2. The monoisotopic (exact) mass is 409 g/mol. The molecule has 0 N–H and O–H groups in total. The summed E-state index contributed by atoms with van der Waals surface area (Å²) in [5.74, 6) is 0.551. The lowest BCUT2D eigenvalue weighted by Crippen LogP contribution is -2.16. The zero-order valence-corrected chi connectivity index (χ0v) is 16.0. The van der Waals surface area contributed by atoms with Crippen LogP contribution in [0.15, 0.2) is 60.7 Å². The maximum absolute atomic E-state index is 12.1. The predicted octanol–water partition coefficient (Wildman–Crippen LogP) is 3.20. The van der Waals surface area contributed by atoms with Crippen molar-refractivity contribution in [3.8, 4) is 5.75 Å². The van der Waals surface area contributed by atoms with Gasteiger partial charge in [0.15, 0.2) is 13.2 Å². The number of ether oxygens (including phenoxy) is 2. The molecule has 9 heteroatoms. The minimum Gasteiger partial charge on any atom is -0.485 e. The molecular formula is C20H16ClN5O3. The van der Waals surface area contributed by atoms with Gasteiger partial charge in [-0.15, -0.1) is 10.2 Å². The average Bonchev–Trinajstić information content (AvgIpc) is 3.18. The van der Waals surface area contributed by atoms with Gasteiger partial charge in [-0.25, -0.2) is 9.78 Å². The van der Waals surface area contributed by atoms with Crippen LogP contribution in [0.4, 0.5) is 0 Å². The molecule has 2 aromatic heterocycles. The van der Waals surface area contributed by atoms with E-state index in [1.807, 2.05) is 60.7 Å². The highest BCUT2D eigenvalue weighted by atomic mass is 35.5. The molecule has 0 unspecified atom stereocenters. The summed E-state index contributed by atoms with van der Waals surface area (Å²) >= 11 is 6.18. The van der Waals surface area contributed by atoms with Gasteiger partial charge in [0, 0.05) is 10.9 Å². The average molecular weight is 410 g/mol. The van der Waals surface area contributed by atoms with Gasteiger partial charge in [-0.2, -0.15) is 4.80 Å². The summed E-state index contributed by atoms with van der Waals surface area (Å²) in [4.78, 5) is 17.6. The Kier molecular flexibility index (Phi) is 5.62. The molecule has 146 valence electrons. The maximum Gasteiger partial charge on any atom is 0.330 e. The molecule has 0 aliphatic heterocycles. The highest BCUT2D eigenvalue weighted by molar-refractivity contribution is 6.30. The molecular weight excluding hydrogens is 394 g/mol. The Morgan fingerprint density at radius 2 is 1.83 bits per heavy atom. The Bertz CT molecular complexity index is 1130. The van der Waals surface area contributed by atoms with Gasteiger partial charge in [0.2, 0.25) is 5.82 Å². The molecule has 8 nitrogen and oxygen atoms in total. The van der Waals surface area contributed by atoms with E-state index in [0.717, 1.165) is 15.7 Å². The predicted molar refractivity (Wildman–Crippen MR) is 105 cm³/mol. The van der Waals surface area contributed by atoms with Crippen molar-refractivity contribution in [1.82, 2.24) is 25.2 Å². The number of hydrogen-bond acceptors (Lipinski definition) is 7. The van der Waals surface area contributed by atoms with Gasteiger partial charge in [0.25, 0.3) is 0 Å². The molecule has 0 aliphatic carbocycles. The lowest BCUT2D eigenvalue weighted by molar-refractivity contribution is -0.146. The Balaban J connectivity index is 1.31. The van der Waals surface area contributed by atoms with Crippen LogP contribution in [0, 0.1) is 0 Å². The first-order chi connectivity index (χ1) is 14.2. The first kappa shape index (κ1) is 18.8. The van der Waals surface area contributed by atoms with Crippen LogP contribution in [-0.2, 0) is 29.3 Å². The molecule has 0 atom stereocenters. The number of nitrogens with zero attached hydrogens (tertiary/aromatic N) is 5. The third-order valence-electron chi connectivity index (χ3n) is 4.01. The van der Waals surface area contributed by atoms with E-state index in [0.29, 0.717) is 22.3 Å². The van der Waals surface area contributed by atoms with E-state index >= 15 is 0 Å². The number of fused-ring (bicyclic) bond motifs is 1. The largest absolute Gasteiger partial charge is 0.485 e. The van der Waals surface area contributed by atoms with E-state index in [4.69, 9.17) is 21.1 Å². The summed E-state index contributed by atoms with van der Waals surface area (Å²) in [6, 6.07) is 18.7. The van der Waals surface area contributed by atoms with E-state index in [1.54, 1.807) is 0 Å². The fourth-order valence-corrected chi connectivity index (χ4v) is 2.82. The molecule has 0 saturated heterocycles. The number of benzene rings is 2. The van der Waals surface area contributed by atoms with Crippen molar-refractivity contribution < 1.29 is 14.3 Å². The molecule has 4 rings (SSSR count). The number of pyridine rings is 1. The molecule has 0 aliphatic rings. The quantitative estimate of drug-likeness (QED) is 0.342. The van der Waals surface area contributed by atoms with Crippen molar-refractivity contribution in [2.75, 3.05) is 0 Å². The number of aromatic nitrogens is 5. The number of tetrazole rings is 1. The summed E-state index contributed by atoms with van der Waals surface area (Å²) in [7, 11) is 0. The Labute approximate surface area is 171 Å². The van der Waals surface area contributed by atoms with Crippen molar-refractivity contribution in [1.29, 1.82) is 0 Å². The van der Waals surface area contributed by atoms with Crippen LogP contribution in [0.3, 0.4) is 0 Å². The summed E-state index contributed by atoms with van der Waals surface area (Å²) in [6.45, 7) is -0.0113. The highest BCUT2D eigenvalue weighted by Crippen LogP contribution is 2.21. The third kappa shape index (κ3) is 4.85. The first-order valence-electron chi connectivity index (χ1n) is 8.82. The lowest BCUT2D eigenvalue weighted by atomic mass is 10.2. The van der Waals surface area contributed by atoms with Crippen LogP contribution < -0.4 is 4.74 Å². The van der Waals surface area contributed by atoms with Crippen molar-refractivity contribution >= 4 is 28.5 Å². The summed E-state index contributed by atoms with van der Waals surface area (Å²) in [6.07, 6.45) is 0. The second-order valence-corrected chi connectivity index (χ2v) is 6.49. The highest BCUT2D eigenvalue weighted by Gasteiger charge is 2.12. The molecule has 0 fully saturated rings. The maximum atomic E-state index is 12.1. The summed E-state index contributed by atoms with van der Waals surface area (Å²) in [5.41, 5.74) is 1.41. The molecule has 2 aromatic carbocycles. The van der Waals surface area contributed by atoms with Gasteiger partial charge in [-0.05, 0) is 29.5 Å². The minimum absolute atomic E-state index is 0.00811. The van der Waals surface area contributed by atoms with Gasteiger partial charge < -0.3 is 9.47 Å². The number of para-hydroxylation sites is 2. The number of rotatable bonds is 7. The van der Waals surface area contributed by atoms with Crippen LogP contribution in [0.1, 0.15) is 11.4 Å². The van der Waals surface area contributed by atoms with Crippen molar-refractivity contribution in [2.24, 2.45) is 0 Å². The topological polar surface area (TPSA) is 92.0 Å². The molecule has 0 bridgehead atoms. The SMILES string of the molecule is O=C(Cn1nnc(COc2ccccc2)n1)OCc1cc2ccccc2nc1Cl. The van der Waals surface area contributed by atoms with E-state index < -0.39 is 5.97 Å². The van der Waals surface area contributed by atoms with E-state index in [-0.39, 0.29) is 19.8 Å². The molecule has 0 saturated carbocycles.